The highest BCUT2D eigenvalue weighted by Crippen LogP contribution is 2.38. The Labute approximate surface area is 180 Å². The lowest BCUT2D eigenvalue weighted by atomic mass is 10.1. The number of carbonyl (C=O) groups excluding carboxylic acids is 3. The average Bonchev–Trinajstić information content (AvgIpc) is 3.09. The summed E-state index contributed by atoms with van der Waals surface area (Å²) < 4.78 is 15.7. The van der Waals surface area contributed by atoms with Gasteiger partial charge in [-0.1, -0.05) is 19.1 Å². The van der Waals surface area contributed by atoms with E-state index in [-0.39, 0.29) is 17.9 Å². The molecule has 0 aliphatic carbocycles. The summed E-state index contributed by atoms with van der Waals surface area (Å²) in [7, 11) is 4.36. The molecule has 1 aliphatic heterocycles. The van der Waals surface area contributed by atoms with Gasteiger partial charge in [0, 0.05) is 5.56 Å². The summed E-state index contributed by atoms with van der Waals surface area (Å²) in [4.78, 5) is 38.9. The Balaban J connectivity index is 1.70. The zero-order valence-corrected chi connectivity index (χ0v) is 17.9. The zero-order valence-electron chi connectivity index (χ0n) is 17.9. The van der Waals surface area contributed by atoms with E-state index in [0.29, 0.717) is 22.9 Å². The molecular formula is C22H25N3O6. The van der Waals surface area contributed by atoms with Gasteiger partial charge in [-0.15, -0.1) is 0 Å². The van der Waals surface area contributed by atoms with E-state index in [1.165, 1.54) is 33.5 Å². The number of hydrazine groups is 1. The molecule has 0 saturated carbocycles. The van der Waals surface area contributed by atoms with Gasteiger partial charge >= 0.3 is 0 Å². The number of ether oxygens (including phenoxy) is 3. The maximum atomic E-state index is 12.7. The van der Waals surface area contributed by atoms with Crippen LogP contribution in [0.15, 0.2) is 36.4 Å². The number of hydrogen-bond donors (Lipinski definition) is 2. The van der Waals surface area contributed by atoms with Crippen molar-refractivity contribution in [2.45, 2.75) is 25.8 Å². The minimum absolute atomic E-state index is 0.0656. The summed E-state index contributed by atoms with van der Waals surface area (Å²) in [5.74, 6) is -0.295. The maximum absolute atomic E-state index is 12.7. The van der Waals surface area contributed by atoms with E-state index in [0.717, 1.165) is 16.9 Å². The first-order valence-corrected chi connectivity index (χ1v) is 9.75. The van der Waals surface area contributed by atoms with Crippen molar-refractivity contribution in [3.8, 4) is 17.2 Å². The number of benzene rings is 2. The fraction of sp³-hybridized carbons (Fsp3) is 0.318. The molecular weight excluding hydrogens is 402 g/mol. The van der Waals surface area contributed by atoms with Crippen LogP contribution < -0.4 is 30.0 Å². The number of aryl methyl sites for hydroxylation is 1. The van der Waals surface area contributed by atoms with E-state index in [2.05, 4.69) is 10.9 Å². The Morgan fingerprint density at radius 2 is 1.65 bits per heavy atom. The molecule has 1 aliphatic rings. The number of anilines is 1. The van der Waals surface area contributed by atoms with Crippen molar-refractivity contribution in [2.75, 3.05) is 26.2 Å². The molecule has 2 aromatic rings. The highest BCUT2D eigenvalue weighted by Gasteiger charge is 2.39. The minimum atomic E-state index is -0.871. The molecule has 0 radical (unpaired) electrons. The topological polar surface area (TPSA) is 106 Å². The Hall–Kier alpha value is -3.59. The van der Waals surface area contributed by atoms with Crippen molar-refractivity contribution >= 4 is 23.4 Å². The molecule has 2 aromatic carbocycles. The number of rotatable bonds is 8. The number of carbonyl (C=O) groups is 3. The summed E-state index contributed by atoms with van der Waals surface area (Å²) in [5.41, 5.74) is 6.98. The van der Waals surface area contributed by atoms with Crippen LogP contribution in [0.5, 0.6) is 17.2 Å². The van der Waals surface area contributed by atoms with Crippen LogP contribution in [0.1, 0.15) is 29.3 Å². The molecule has 0 spiro atoms. The molecule has 9 heteroatoms. The number of amides is 3. The minimum Gasteiger partial charge on any atom is -0.493 e. The fourth-order valence-corrected chi connectivity index (χ4v) is 3.33. The first-order valence-electron chi connectivity index (χ1n) is 9.75. The summed E-state index contributed by atoms with van der Waals surface area (Å²) in [6.07, 6.45) is 0.795. The van der Waals surface area contributed by atoms with Crippen LogP contribution in [0.25, 0.3) is 0 Å². The van der Waals surface area contributed by atoms with Crippen molar-refractivity contribution in [3.05, 3.63) is 47.5 Å². The van der Waals surface area contributed by atoms with Gasteiger partial charge in [0.1, 0.15) is 6.04 Å². The van der Waals surface area contributed by atoms with Crippen LogP contribution in [-0.2, 0) is 16.0 Å². The normalized spacial score (nSPS) is 15.7. The van der Waals surface area contributed by atoms with Gasteiger partial charge in [-0.25, -0.2) is 10.3 Å². The van der Waals surface area contributed by atoms with E-state index < -0.39 is 17.9 Å². The molecule has 3 rings (SSSR count). The van der Waals surface area contributed by atoms with Crippen molar-refractivity contribution in [1.29, 1.82) is 0 Å². The lowest BCUT2D eigenvalue weighted by Gasteiger charge is -2.17. The van der Waals surface area contributed by atoms with Crippen molar-refractivity contribution in [2.24, 2.45) is 0 Å². The Kier molecular flexibility index (Phi) is 6.76. The summed E-state index contributed by atoms with van der Waals surface area (Å²) >= 11 is 0. The highest BCUT2D eigenvalue weighted by atomic mass is 16.5. The molecule has 3 amide bonds. The molecule has 0 bridgehead atoms. The standard InChI is InChI=1S/C22H25N3O6/c1-5-13-6-8-15(9-7-13)25-19(26)12-16(22(25)28)23-24-21(27)14-10-17(29-2)20(31-4)18(11-14)30-3/h6-11,16,23H,5,12H2,1-4H3,(H,24,27)/t16-/m1/s1. The van der Waals surface area contributed by atoms with Gasteiger partial charge in [-0.2, -0.15) is 0 Å². The molecule has 1 atom stereocenters. The van der Waals surface area contributed by atoms with Crippen LogP contribution in [0.2, 0.25) is 0 Å². The summed E-state index contributed by atoms with van der Waals surface area (Å²) in [6.45, 7) is 2.03. The zero-order chi connectivity index (χ0) is 22.5. The average molecular weight is 427 g/mol. The van der Waals surface area contributed by atoms with Gasteiger partial charge in [0.15, 0.2) is 11.5 Å². The number of hydrogen-bond acceptors (Lipinski definition) is 7. The number of nitrogens with one attached hydrogen (secondary N) is 2. The highest BCUT2D eigenvalue weighted by molar-refractivity contribution is 6.22. The SMILES string of the molecule is CCc1ccc(N2C(=O)C[C@@H](NNC(=O)c3cc(OC)c(OC)c(OC)c3)C2=O)cc1. The van der Waals surface area contributed by atoms with Crippen LogP contribution in [-0.4, -0.2) is 45.1 Å². The van der Waals surface area contributed by atoms with Crippen LogP contribution in [0.4, 0.5) is 5.69 Å². The van der Waals surface area contributed by atoms with Gasteiger partial charge in [0.2, 0.25) is 11.7 Å². The molecule has 1 heterocycles. The van der Waals surface area contributed by atoms with E-state index in [4.69, 9.17) is 14.2 Å². The first-order chi connectivity index (χ1) is 14.9. The fourth-order valence-electron chi connectivity index (χ4n) is 3.33. The summed E-state index contributed by atoms with van der Waals surface area (Å²) in [5, 5.41) is 0. The molecule has 31 heavy (non-hydrogen) atoms. The van der Waals surface area contributed by atoms with Crippen LogP contribution >= 0.6 is 0 Å². The smallest absolute Gasteiger partial charge is 0.265 e. The van der Waals surface area contributed by atoms with E-state index in [9.17, 15) is 14.4 Å². The second-order valence-corrected chi connectivity index (χ2v) is 6.86. The quantitative estimate of drug-likeness (QED) is 0.489. The molecule has 1 saturated heterocycles. The first kappa shape index (κ1) is 22.1. The largest absolute Gasteiger partial charge is 0.493 e. The Bertz CT molecular complexity index is 964. The van der Waals surface area contributed by atoms with Crippen molar-refractivity contribution in [3.63, 3.8) is 0 Å². The van der Waals surface area contributed by atoms with Crippen molar-refractivity contribution < 1.29 is 28.6 Å². The van der Waals surface area contributed by atoms with Gasteiger partial charge < -0.3 is 14.2 Å². The Morgan fingerprint density at radius 3 is 2.16 bits per heavy atom. The lowest BCUT2D eigenvalue weighted by molar-refractivity contribution is -0.121. The molecule has 0 unspecified atom stereocenters. The van der Waals surface area contributed by atoms with Crippen LogP contribution in [0.3, 0.4) is 0 Å². The van der Waals surface area contributed by atoms with Gasteiger partial charge in [0.25, 0.3) is 11.8 Å². The number of nitrogens with zero attached hydrogens (tertiary/aromatic N) is 1. The van der Waals surface area contributed by atoms with Gasteiger partial charge in [0.05, 0.1) is 33.4 Å². The second-order valence-electron chi connectivity index (χ2n) is 6.86. The molecule has 2 N–H and O–H groups in total. The third kappa shape index (κ3) is 4.46. The van der Waals surface area contributed by atoms with Crippen molar-refractivity contribution in [1.82, 2.24) is 10.9 Å². The Morgan fingerprint density at radius 1 is 1.03 bits per heavy atom. The van der Waals surface area contributed by atoms with E-state index in [1.54, 1.807) is 12.1 Å². The third-order valence-corrected chi connectivity index (χ3v) is 5.04. The third-order valence-electron chi connectivity index (χ3n) is 5.04. The molecule has 9 nitrogen and oxygen atoms in total. The lowest BCUT2D eigenvalue weighted by Crippen LogP contribution is -2.48. The van der Waals surface area contributed by atoms with Crippen LogP contribution in [0, 0.1) is 0 Å². The van der Waals surface area contributed by atoms with E-state index >= 15 is 0 Å². The molecule has 0 aromatic heterocycles. The van der Waals surface area contributed by atoms with Gasteiger partial charge in [-0.05, 0) is 36.2 Å². The number of imide groups is 1. The maximum Gasteiger partial charge on any atom is 0.265 e. The predicted octanol–water partition coefficient (Wildman–Crippen LogP) is 1.84. The predicted molar refractivity (Wildman–Crippen MR) is 113 cm³/mol. The second kappa shape index (κ2) is 9.48. The monoisotopic (exact) mass is 427 g/mol. The van der Waals surface area contributed by atoms with E-state index in [1.807, 2.05) is 19.1 Å². The van der Waals surface area contributed by atoms with Gasteiger partial charge in [-0.3, -0.25) is 19.8 Å². The molecule has 164 valence electrons. The summed E-state index contributed by atoms with van der Waals surface area (Å²) in [6, 6.07) is 9.34. The molecule has 1 fully saturated rings. The number of methoxy groups -OCH3 is 3.